The molecule has 8 nitrogen and oxygen atoms in total. The van der Waals surface area contributed by atoms with Gasteiger partial charge in [-0.2, -0.15) is 0 Å². The lowest BCUT2D eigenvalue weighted by Gasteiger charge is -2.36. The molecule has 0 unspecified atom stereocenters. The number of carbonyl (C=O) groups excluding carboxylic acids is 2. The highest BCUT2D eigenvalue weighted by Crippen LogP contribution is 2.46. The number of thioether (sulfide) groups is 1. The average Bonchev–Trinajstić information content (AvgIpc) is 3.40. The predicted molar refractivity (Wildman–Crippen MR) is 159 cm³/mol. The fourth-order valence-electron chi connectivity index (χ4n) is 4.79. The summed E-state index contributed by atoms with van der Waals surface area (Å²) in [6, 6.07) is 20.7. The number of fused-ring (bicyclic) bond motifs is 1. The summed E-state index contributed by atoms with van der Waals surface area (Å²) in [5, 5.41) is 5.40. The molecule has 2 aliphatic heterocycles. The minimum absolute atomic E-state index is 0.0482. The van der Waals surface area contributed by atoms with Gasteiger partial charge in [-0.1, -0.05) is 60.3 Å². The summed E-state index contributed by atoms with van der Waals surface area (Å²) in [5.74, 6) is -0.0102. The smallest absolute Gasteiger partial charge is 0.338 e. The van der Waals surface area contributed by atoms with Crippen LogP contribution in [0.2, 0.25) is 0 Å². The second-order valence-corrected chi connectivity index (χ2v) is 10.5. The van der Waals surface area contributed by atoms with E-state index in [2.05, 4.69) is 10.3 Å². The lowest BCUT2D eigenvalue weighted by Crippen LogP contribution is -2.37. The highest BCUT2D eigenvalue weighted by atomic mass is 32.2. The molecule has 1 amide bonds. The van der Waals surface area contributed by atoms with E-state index in [9.17, 15) is 14.0 Å². The van der Waals surface area contributed by atoms with Gasteiger partial charge in [-0.3, -0.25) is 4.79 Å². The zero-order valence-electron chi connectivity index (χ0n) is 23.4. The Morgan fingerprint density at radius 2 is 1.76 bits per heavy atom. The lowest BCUT2D eigenvalue weighted by atomic mass is 9.93. The Labute approximate surface area is 247 Å². The molecule has 1 atom stereocenters. The largest absolute Gasteiger partial charge is 0.493 e. The van der Waals surface area contributed by atoms with Crippen LogP contribution in [0.5, 0.6) is 11.5 Å². The fraction of sp³-hybridized carbons (Fsp3) is 0.219. The van der Waals surface area contributed by atoms with Gasteiger partial charge in [0.05, 0.1) is 38.0 Å². The van der Waals surface area contributed by atoms with Crippen LogP contribution < -0.4 is 14.8 Å². The molecule has 1 N–H and O–H groups in total. The molecule has 42 heavy (non-hydrogen) atoms. The van der Waals surface area contributed by atoms with E-state index in [0.29, 0.717) is 40.2 Å². The molecular weight excluding hydrogens is 557 g/mol. The van der Waals surface area contributed by atoms with Crippen LogP contribution in [0.1, 0.15) is 36.1 Å². The Kier molecular flexibility index (Phi) is 8.92. The maximum atomic E-state index is 13.2. The van der Waals surface area contributed by atoms with Gasteiger partial charge in [-0.25, -0.2) is 14.2 Å². The summed E-state index contributed by atoms with van der Waals surface area (Å²) in [6.07, 6.45) is 0.0482. The van der Waals surface area contributed by atoms with E-state index < -0.39 is 12.0 Å². The van der Waals surface area contributed by atoms with Crippen LogP contribution in [0.3, 0.4) is 0 Å². The van der Waals surface area contributed by atoms with Gasteiger partial charge >= 0.3 is 5.97 Å². The standard InChI is InChI=1S/C32H30FN3O5S/c1-20-29(31(38)40-3)30(23-11-14-26(27(15-23)39-2)41-18-22-7-5-4-6-8-22)36-25(19-42-32(36)35-20)16-28(37)34-17-21-9-12-24(33)13-10-21/h4-15,19,30H,16-18H2,1-3H3,(H,34,37)/t30-/m0/s1. The van der Waals surface area contributed by atoms with Crippen molar-refractivity contribution in [3.63, 3.8) is 0 Å². The van der Waals surface area contributed by atoms with Gasteiger partial charge in [0, 0.05) is 12.2 Å². The van der Waals surface area contributed by atoms with Crippen molar-refractivity contribution in [2.45, 2.75) is 32.5 Å². The van der Waals surface area contributed by atoms with E-state index in [1.54, 1.807) is 26.2 Å². The Morgan fingerprint density at radius 1 is 1.00 bits per heavy atom. The number of methoxy groups -OCH3 is 2. The maximum Gasteiger partial charge on any atom is 0.338 e. The number of amidine groups is 1. The SMILES string of the molecule is COC(=O)C1=C(C)N=C2SC=C(CC(=O)NCc3ccc(F)cc3)N2[C@H]1c1ccc(OCc2ccccc2)c(OC)c1. The van der Waals surface area contributed by atoms with Crippen molar-refractivity contribution in [1.82, 2.24) is 10.2 Å². The van der Waals surface area contributed by atoms with Crippen LogP contribution in [0.15, 0.2) is 100 Å². The first-order valence-electron chi connectivity index (χ1n) is 13.3. The van der Waals surface area contributed by atoms with Crippen molar-refractivity contribution in [3.05, 3.63) is 118 Å². The van der Waals surface area contributed by atoms with Crippen molar-refractivity contribution in [2.75, 3.05) is 14.2 Å². The normalized spacial score (nSPS) is 15.9. The molecule has 0 aromatic heterocycles. The van der Waals surface area contributed by atoms with Gasteiger partial charge in [0.25, 0.3) is 0 Å². The van der Waals surface area contributed by atoms with Crippen LogP contribution in [0.25, 0.3) is 0 Å². The fourth-order valence-corrected chi connectivity index (χ4v) is 5.76. The second-order valence-electron chi connectivity index (χ2n) is 9.65. The van der Waals surface area contributed by atoms with E-state index in [1.807, 2.05) is 58.8 Å². The molecule has 0 saturated carbocycles. The van der Waals surface area contributed by atoms with Gasteiger partial charge in [0.1, 0.15) is 12.4 Å². The molecule has 3 aromatic rings. The highest BCUT2D eigenvalue weighted by Gasteiger charge is 2.41. The van der Waals surface area contributed by atoms with Crippen LogP contribution in [-0.4, -0.2) is 36.2 Å². The molecule has 0 bridgehead atoms. The summed E-state index contributed by atoms with van der Waals surface area (Å²) < 4.78 is 30.1. The van der Waals surface area contributed by atoms with E-state index in [1.165, 1.54) is 31.0 Å². The van der Waals surface area contributed by atoms with Gasteiger partial charge < -0.3 is 24.4 Å². The van der Waals surface area contributed by atoms with E-state index in [4.69, 9.17) is 14.2 Å². The molecule has 0 spiro atoms. The maximum absolute atomic E-state index is 13.2. The molecule has 0 saturated heterocycles. The summed E-state index contributed by atoms with van der Waals surface area (Å²) in [6.45, 7) is 2.40. The zero-order valence-corrected chi connectivity index (χ0v) is 24.2. The number of nitrogens with one attached hydrogen (secondary N) is 1. The molecule has 3 aromatic carbocycles. The molecule has 2 heterocycles. The molecule has 2 aliphatic rings. The van der Waals surface area contributed by atoms with Gasteiger partial charge in [0.2, 0.25) is 5.91 Å². The number of hydrogen-bond acceptors (Lipinski definition) is 8. The second kappa shape index (κ2) is 12.9. The average molecular weight is 588 g/mol. The third-order valence-electron chi connectivity index (χ3n) is 6.89. The number of nitrogens with zero attached hydrogens (tertiary/aromatic N) is 2. The third kappa shape index (κ3) is 6.33. The van der Waals surface area contributed by atoms with Crippen molar-refractivity contribution in [3.8, 4) is 11.5 Å². The van der Waals surface area contributed by atoms with Gasteiger partial charge in [-0.15, -0.1) is 0 Å². The number of hydrogen-bond donors (Lipinski definition) is 1. The number of amides is 1. The van der Waals surface area contributed by atoms with Crippen LogP contribution in [-0.2, 0) is 27.5 Å². The van der Waals surface area contributed by atoms with E-state index >= 15 is 0 Å². The van der Waals surface area contributed by atoms with Crippen molar-refractivity contribution < 1.29 is 28.2 Å². The lowest BCUT2D eigenvalue weighted by molar-refractivity contribution is -0.136. The first kappa shape index (κ1) is 28.9. The number of rotatable bonds is 10. The number of halogens is 1. The Morgan fingerprint density at radius 3 is 2.48 bits per heavy atom. The molecule has 216 valence electrons. The quantitative estimate of drug-likeness (QED) is 0.297. The molecule has 5 rings (SSSR count). The Bertz CT molecular complexity index is 1570. The van der Waals surface area contributed by atoms with Crippen LogP contribution >= 0.6 is 11.8 Å². The van der Waals surface area contributed by atoms with Crippen molar-refractivity contribution in [1.29, 1.82) is 0 Å². The topological polar surface area (TPSA) is 89.5 Å². The third-order valence-corrected chi connectivity index (χ3v) is 7.78. The molecule has 0 aliphatic carbocycles. The van der Waals surface area contributed by atoms with Crippen molar-refractivity contribution in [2.24, 2.45) is 4.99 Å². The van der Waals surface area contributed by atoms with Gasteiger partial charge in [0.15, 0.2) is 16.7 Å². The predicted octanol–water partition coefficient (Wildman–Crippen LogP) is 5.87. The minimum atomic E-state index is -0.617. The van der Waals surface area contributed by atoms with E-state index in [0.717, 1.165) is 16.7 Å². The number of benzene rings is 3. The molecule has 0 fully saturated rings. The first-order valence-corrected chi connectivity index (χ1v) is 14.1. The Balaban J connectivity index is 1.41. The zero-order chi connectivity index (χ0) is 29.6. The number of esters is 1. The molecule has 0 radical (unpaired) electrons. The van der Waals surface area contributed by atoms with Crippen LogP contribution in [0, 0.1) is 5.82 Å². The summed E-state index contributed by atoms with van der Waals surface area (Å²) >= 11 is 1.38. The number of allylic oxidation sites excluding steroid dienone is 1. The summed E-state index contributed by atoms with van der Waals surface area (Å²) in [7, 11) is 2.89. The number of carbonyl (C=O) groups is 2. The summed E-state index contributed by atoms with van der Waals surface area (Å²) in [4.78, 5) is 32.6. The van der Waals surface area contributed by atoms with Crippen LogP contribution in [0.4, 0.5) is 4.39 Å². The summed E-state index contributed by atoms with van der Waals surface area (Å²) in [5.41, 5.74) is 4.12. The number of ether oxygens (including phenoxy) is 3. The minimum Gasteiger partial charge on any atom is -0.493 e. The molecular formula is C32H30FN3O5S. The number of aliphatic imine (C=N–C) groups is 1. The molecule has 10 heteroatoms. The first-order chi connectivity index (χ1) is 20.4. The van der Waals surface area contributed by atoms with Gasteiger partial charge in [-0.05, 0) is 53.3 Å². The van der Waals surface area contributed by atoms with E-state index in [-0.39, 0.29) is 24.7 Å². The monoisotopic (exact) mass is 587 g/mol. The van der Waals surface area contributed by atoms with Crippen molar-refractivity contribution >= 4 is 28.8 Å². The Hall–Kier alpha value is -4.57. The highest BCUT2D eigenvalue weighted by molar-refractivity contribution is 8.16.